The Morgan fingerprint density at radius 3 is 2.58 bits per heavy atom. The van der Waals surface area contributed by atoms with Crippen LogP contribution in [0.25, 0.3) is 0 Å². The summed E-state index contributed by atoms with van der Waals surface area (Å²) in [5, 5.41) is 0. The fourth-order valence-electron chi connectivity index (χ4n) is 3.54. The van der Waals surface area contributed by atoms with Crippen molar-refractivity contribution in [1.29, 1.82) is 0 Å². The van der Waals surface area contributed by atoms with Gasteiger partial charge >= 0.3 is 0 Å². The highest BCUT2D eigenvalue weighted by Gasteiger charge is 2.31. The van der Waals surface area contributed by atoms with Crippen LogP contribution in [0.2, 0.25) is 0 Å². The van der Waals surface area contributed by atoms with Crippen molar-refractivity contribution >= 4 is 5.91 Å². The van der Waals surface area contributed by atoms with Crippen LogP contribution in [0.1, 0.15) is 41.2 Å². The highest BCUT2D eigenvalue weighted by molar-refractivity contribution is 5.94. The molecule has 0 spiro atoms. The van der Waals surface area contributed by atoms with Crippen LogP contribution < -0.4 is 9.47 Å². The van der Waals surface area contributed by atoms with Crippen molar-refractivity contribution in [3.05, 3.63) is 59.2 Å². The Morgan fingerprint density at radius 1 is 0.962 bits per heavy atom. The number of benzene rings is 2. The van der Waals surface area contributed by atoms with E-state index < -0.39 is 11.6 Å². The van der Waals surface area contributed by atoms with E-state index in [4.69, 9.17) is 9.47 Å². The molecule has 0 N–H and O–H groups in total. The van der Waals surface area contributed by atoms with Gasteiger partial charge in [-0.25, -0.2) is 8.78 Å². The third-order valence-electron chi connectivity index (χ3n) is 4.84. The summed E-state index contributed by atoms with van der Waals surface area (Å²) in [5.74, 6) is -0.863. The zero-order chi connectivity index (χ0) is 18.1. The quantitative estimate of drug-likeness (QED) is 0.810. The largest absolute Gasteiger partial charge is 0.490 e. The van der Waals surface area contributed by atoms with Crippen LogP contribution in [0.15, 0.2) is 36.4 Å². The predicted octanol–water partition coefficient (Wildman–Crippen LogP) is 4.10. The minimum Gasteiger partial charge on any atom is -0.490 e. The second kappa shape index (κ2) is 6.94. The zero-order valence-corrected chi connectivity index (χ0v) is 14.2. The maximum Gasteiger partial charge on any atom is 0.254 e. The summed E-state index contributed by atoms with van der Waals surface area (Å²) in [5.41, 5.74) is 1.12. The van der Waals surface area contributed by atoms with Gasteiger partial charge in [-0.05, 0) is 48.7 Å². The number of fused-ring (bicyclic) bond motifs is 1. The van der Waals surface area contributed by atoms with Crippen LogP contribution in [0, 0.1) is 11.6 Å². The molecule has 26 heavy (non-hydrogen) atoms. The van der Waals surface area contributed by atoms with Gasteiger partial charge in [0, 0.05) is 18.5 Å². The molecule has 2 aromatic rings. The molecule has 2 aromatic carbocycles. The Morgan fingerprint density at radius 2 is 1.77 bits per heavy atom. The van der Waals surface area contributed by atoms with Crippen LogP contribution >= 0.6 is 0 Å². The number of rotatable bonds is 2. The van der Waals surface area contributed by atoms with Gasteiger partial charge in [0.1, 0.15) is 0 Å². The molecule has 0 saturated carbocycles. The smallest absolute Gasteiger partial charge is 0.254 e. The maximum absolute atomic E-state index is 13.5. The Bertz CT molecular complexity index is 840. The van der Waals surface area contributed by atoms with Crippen molar-refractivity contribution in [2.75, 3.05) is 19.8 Å². The van der Waals surface area contributed by atoms with E-state index in [-0.39, 0.29) is 17.5 Å². The topological polar surface area (TPSA) is 38.8 Å². The van der Waals surface area contributed by atoms with E-state index in [9.17, 15) is 13.6 Å². The Labute approximate surface area is 150 Å². The number of hydrogen-bond donors (Lipinski definition) is 0. The molecule has 1 amide bonds. The molecule has 0 aromatic heterocycles. The maximum atomic E-state index is 13.5. The van der Waals surface area contributed by atoms with E-state index in [0.717, 1.165) is 37.0 Å². The van der Waals surface area contributed by atoms with Crippen LogP contribution in [-0.4, -0.2) is 30.6 Å². The number of nitrogens with zero attached hydrogens (tertiary/aromatic N) is 1. The van der Waals surface area contributed by atoms with Gasteiger partial charge in [-0.2, -0.15) is 0 Å². The van der Waals surface area contributed by atoms with Gasteiger partial charge in [-0.1, -0.05) is 6.07 Å². The van der Waals surface area contributed by atoms with Gasteiger partial charge in [-0.3, -0.25) is 4.79 Å². The van der Waals surface area contributed by atoms with E-state index in [2.05, 4.69) is 0 Å². The molecule has 4 rings (SSSR count). The molecule has 2 heterocycles. The highest BCUT2D eigenvalue weighted by atomic mass is 19.2. The number of hydrogen-bond acceptors (Lipinski definition) is 3. The Kier molecular flexibility index (Phi) is 4.49. The second-order valence-corrected chi connectivity index (χ2v) is 6.54. The molecule has 0 bridgehead atoms. The molecular weight excluding hydrogens is 340 g/mol. The lowest BCUT2D eigenvalue weighted by Crippen LogP contribution is -2.30. The summed E-state index contributed by atoms with van der Waals surface area (Å²) < 4.78 is 38.0. The van der Waals surface area contributed by atoms with Gasteiger partial charge in [0.05, 0.1) is 19.3 Å². The predicted molar refractivity (Wildman–Crippen MR) is 91.4 cm³/mol. The minimum absolute atomic E-state index is 0.118. The van der Waals surface area contributed by atoms with Gasteiger partial charge < -0.3 is 14.4 Å². The Hall–Kier alpha value is -2.63. The first-order valence-electron chi connectivity index (χ1n) is 8.79. The van der Waals surface area contributed by atoms with E-state index in [0.29, 0.717) is 31.3 Å². The fraction of sp³-hybridized carbons (Fsp3) is 0.350. The number of amides is 1. The second-order valence-electron chi connectivity index (χ2n) is 6.54. The molecule has 4 nitrogen and oxygen atoms in total. The molecule has 2 aliphatic heterocycles. The molecule has 0 radical (unpaired) electrons. The molecule has 2 aliphatic rings. The number of carbonyl (C=O) groups is 1. The van der Waals surface area contributed by atoms with Crippen molar-refractivity contribution in [2.24, 2.45) is 0 Å². The molecule has 1 fully saturated rings. The lowest BCUT2D eigenvalue weighted by Gasteiger charge is -2.26. The zero-order valence-electron chi connectivity index (χ0n) is 14.2. The normalized spacial score (nSPS) is 19.3. The molecule has 1 atom stereocenters. The van der Waals surface area contributed by atoms with E-state index in [1.807, 2.05) is 18.2 Å². The number of ether oxygens (including phenoxy) is 2. The van der Waals surface area contributed by atoms with Crippen molar-refractivity contribution in [3.8, 4) is 11.5 Å². The number of halogens is 2. The lowest BCUT2D eigenvalue weighted by molar-refractivity contribution is 0.0735. The standard InChI is InChI=1S/C20H19F2NO3/c21-15-6-4-14(11-16(15)22)20(24)23-8-1-3-17(23)13-5-7-18-19(12-13)26-10-2-9-25-18/h4-7,11-12,17H,1-3,8-10H2. The van der Waals surface area contributed by atoms with Crippen molar-refractivity contribution in [2.45, 2.75) is 25.3 Å². The average Bonchev–Trinajstić information content (AvgIpc) is 3.02. The first kappa shape index (κ1) is 16.8. The summed E-state index contributed by atoms with van der Waals surface area (Å²) in [4.78, 5) is 14.5. The van der Waals surface area contributed by atoms with E-state index in [1.54, 1.807) is 4.90 Å². The number of carbonyl (C=O) groups excluding carboxylic acids is 1. The summed E-state index contributed by atoms with van der Waals surface area (Å²) >= 11 is 0. The van der Waals surface area contributed by atoms with Crippen LogP contribution in [0.3, 0.4) is 0 Å². The third kappa shape index (κ3) is 3.11. The van der Waals surface area contributed by atoms with Gasteiger partial charge in [0.15, 0.2) is 23.1 Å². The first-order valence-corrected chi connectivity index (χ1v) is 8.79. The molecule has 136 valence electrons. The SMILES string of the molecule is O=C(c1ccc(F)c(F)c1)N1CCCC1c1ccc2c(c1)OCCCO2. The van der Waals surface area contributed by atoms with E-state index in [1.165, 1.54) is 6.07 Å². The lowest BCUT2D eigenvalue weighted by atomic mass is 10.0. The summed E-state index contributed by atoms with van der Waals surface area (Å²) in [6, 6.07) is 8.88. The molecule has 6 heteroatoms. The van der Waals surface area contributed by atoms with E-state index >= 15 is 0 Å². The minimum atomic E-state index is -1.01. The van der Waals surface area contributed by atoms with Crippen molar-refractivity contribution in [1.82, 2.24) is 4.90 Å². The third-order valence-corrected chi connectivity index (χ3v) is 4.84. The summed E-state index contributed by atoms with van der Waals surface area (Å²) in [6.07, 6.45) is 2.50. The van der Waals surface area contributed by atoms with Gasteiger partial charge in [0.2, 0.25) is 0 Å². The fourth-order valence-corrected chi connectivity index (χ4v) is 3.54. The van der Waals surface area contributed by atoms with Crippen LogP contribution in [0.5, 0.6) is 11.5 Å². The monoisotopic (exact) mass is 359 g/mol. The van der Waals surface area contributed by atoms with Crippen LogP contribution in [0.4, 0.5) is 8.78 Å². The molecular formula is C20H19F2NO3. The summed E-state index contributed by atoms with van der Waals surface area (Å²) in [7, 11) is 0. The average molecular weight is 359 g/mol. The van der Waals surface area contributed by atoms with Crippen molar-refractivity contribution in [3.63, 3.8) is 0 Å². The van der Waals surface area contributed by atoms with Crippen LogP contribution in [-0.2, 0) is 0 Å². The number of likely N-dealkylation sites (tertiary alicyclic amines) is 1. The molecule has 1 saturated heterocycles. The highest BCUT2D eigenvalue weighted by Crippen LogP contribution is 2.38. The Balaban J connectivity index is 1.61. The van der Waals surface area contributed by atoms with Gasteiger partial charge in [-0.15, -0.1) is 0 Å². The molecule has 0 aliphatic carbocycles. The molecule has 1 unspecified atom stereocenters. The van der Waals surface area contributed by atoms with Gasteiger partial charge in [0.25, 0.3) is 5.91 Å². The first-order chi connectivity index (χ1) is 12.6. The summed E-state index contributed by atoms with van der Waals surface area (Å²) in [6.45, 7) is 1.80. The van der Waals surface area contributed by atoms with Crippen molar-refractivity contribution < 1.29 is 23.0 Å².